The molecular weight excluding hydrogens is 152 g/mol. The molecule has 0 aromatic heterocycles. The van der Waals surface area contributed by atoms with Gasteiger partial charge in [0.1, 0.15) is 6.29 Å². The minimum absolute atomic E-state index is 0.0408. The summed E-state index contributed by atoms with van der Waals surface area (Å²) in [4.78, 5) is 10.3. The van der Waals surface area contributed by atoms with Crippen LogP contribution in [0.3, 0.4) is 0 Å². The van der Waals surface area contributed by atoms with Gasteiger partial charge in [-0.3, -0.25) is 0 Å². The van der Waals surface area contributed by atoms with Crippen molar-refractivity contribution in [1.29, 1.82) is 0 Å². The van der Waals surface area contributed by atoms with Crippen LogP contribution in [0, 0.1) is 0 Å². The van der Waals surface area contributed by atoms with Crippen molar-refractivity contribution < 1.29 is 9.53 Å². The molecule has 0 spiro atoms. The van der Waals surface area contributed by atoms with Crippen molar-refractivity contribution in [2.24, 2.45) is 0 Å². The van der Waals surface area contributed by atoms with Gasteiger partial charge in [-0.05, 0) is 19.3 Å². The molecule has 1 fully saturated rings. The Bertz CT molecular complexity index is 137. The van der Waals surface area contributed by atoms with Crippen LogP contribution in [-0.2, 0) is 9.53 Å². The fraction of sp³-hybridized carbons (Fsp3) is 0.900. The summed E-state index contributed by atoms with van der Waals surface area (Å²) in [6, 6.07) is 0. The highest BCUT2D eigenvalue weighted by molar-refractivity contribution is 5.49. The first kappa shape index (κ1) is 9.72. The van der Waals surface area contributed by atoms with Gasteiger partial charge in [0, 0.05) is 13.5 Å². The molecule has 1 aliphatic rings. The highest BCUT2D eigenvalue weighted by atomic mass is 16.5. The molecule has 2 nitrogen and oxygen atoms in total. The van der Waals surface area contributed by atoms with Crippen LogP contribution in [0.4, 0.5) is 0 Å². The highest BCUT2D eigenvalue weighted by Gasteiger charge is 2.30. The van der Waals surface area contributed by atoms with Crippen LogP contribution in [0.2, 0.25) is 0 Å². The second-order valence-electron chi connectivity index (χ2n) is 3.65. The third-order valence-corrected chi connectivity index (χ3v) is 2.92. The highest BCUT2D eigenvalue weighted by Crippen LogP contribution is 2.34. The molecule has 1 saturated carbocycles. The quantitative estimate of drug-likeness (QED) is 0.605. The maximum Gasteiger partial charge on any atom is 0.120 e. The van der Waals surface area contributed by atoms with Crippen LogP contribution >= 0.6 is 0 Å². The zero-order valence-electron chi connectivity index (χ0n) is 7.84. The lowest BCUT2D eigenvalue weighted by Crippen LogP contribution is -2.33. The number of hydrogen-bond acceptors (Lipinski definition) is 2. The second-order valence-corrected chi connectivity index (χ2v) is 3.65. The third-order valence-electron chi connectivity index (χ3n) is 2.92. The van der Waals surface area contributed by atoms with Crippen molar-refractivity contribution in [3.05, 3.63) is 0 Å². The Balaban J connectivity index is 2.41. The van der Waals surface area contributed by atoms with E-state index in [0.717, 1.165) is 25.5 Å². The number of hydrogen-bond donors (Lipinski definition) is 0. The van der Waals surface area contributed by atoms with Crippen LogP contribution in [0.5, 0.6) is 0 Å². The Morgan fingerprint density at radius 2 is 2.00 bits per heavy atom. The lowest BCUT2D eigenvalue weighted by molar-refractivity contribution is -0.110. The van der Waals surface area contributed by atoms with E-state index >= 15 is 0 Å². The minimum Gasteiger partial charge on any atom is -0.378 e. The predicted molar refractivity (Wildman–Crippen MR) is 48.1 cm³/mol. The molecule has 0 atom stereocenters. The second kappa shape index (κ2) is 4.61. The smallest absolute Gasteiger partial charge is 0.120 e. The standard InChI is InChI=1S/C10H18O2/c1-12-10(8-5-9-11)6-3-2-4-7-10/h9H,2-8H2,1H3. The van der Waals surface area contributed by atoms with E-state index in [4.69, 9.17) is 4.74 Å². The zero-order valence-corrected chi connectivity index (χ0v) is 7.84. The summed E-state index contributed by atoms with van der Waals surface area (Å²) < 4.78 is 5.52. The molecule has 0 aromatic rings. The van der Waals surface area contributed by atoms with Crippen LogP contribution in [-0.4, -0.2) is 19.0 Å². The minimum atomic E-state index is 0.0408. The summed E-state index contributed by atoms with van der Waals surface area (Å²) in [6.07, 6.45) is 8.66. The normalized spacial score (nSPS) is 22.1. The molecular formula is C10H18O2. The van der Waals surface area contributed by atoms with Crippen molar-refractivity contribution in [2.75, 3.05) is 7.11 Å². The number of aldehydes is 1. The molecule has 0 amide bonds. The first-order chi connectivity index (χ1) is 5.83. The van der Waals surface area contributed by atoms with E-state index in [-0.39, 0.29) is 5.60 Å². The SMILES string of the molecule is COC1(CCC=O)CCCCC1. The Kier molecular flexibility index (Phi) is 3.73. The molecule has 0 aliphatic heterocycles. The Morgan fingerprint density at radius 1 is 1.33 bits per heavy atom. The van der Waals surface area contributed by atoms with Gasteiger partial charge < -0.3 is 9.53 Å². The van der Waals surface area contributed by atoms with E-state index in [1.165, 1.54) is 19.3 Å². The number of rotatable bonds is 4. The van der Waals surface area contributed by atoms with Crippen molar-refractivity contribution in [3.8, 4) is 0 Å². The van der Waals surface area contributed by atoms with Crippen LogP contribution in [0.1, 0.15) is 44.9 Å². The summed E-state index contributed by atoms with van der Waals surface area (Å²) in [5.74, 6) is 0. The fourth-order valence-electron chi connectivity index (χ4n) is 2.07. The molecule has 0 saturated heterocycles. The lowest BCUT2D eigenvalue weighted by Gasteiger charge is -2.35. The van der Waals surface area contributed by atoms with E-state index in [1.54, 1.807) is 7.11 Å². The molecule has 0 aromatic carbocycles. The summed E-state index contributed by atoms with van der Waals surface area (Å²) in [6.45, 7) is 0. The summed E-state index contributed by atoms with van der Waals surface area (Å²) in [5.41, 5.74) is 0.0408. The summed E-state index contributed by atoms with van der Waals surface area (Å²) >= 11 is 0. The van der Waals surface area contributed by atoms with Crippen LogP contribution in [0.25, 0.3) is 0 Å². The zero-order chi connectivity index (χ0) is 8.86. The fourth-order valence-corrected chi connectivity index (χ4v) is 2.07. The molecule has 0 unspecified atom stereocenters. The largest absolute Gasteiger partial charge is 0.378 e. The Hall–Kier alpha value is -0.370. The van der Waals surface area contributed by atoms with Gasteiger partial charge in [-0.15, -0.1) is 0 Å². The average Bonchev–Trinajstić information content (AvgIpc) is 2.16. The average molecular weight is 170 g/mol. The maximum absolute atomic E-state index is 10.3. The van der Waals surface area contributed by atoms with Gasteiger partial charge in [0.05, 0.1) is 5.60 Å². The summed E-state index contributed by atoms with van der Waals surface area (Å²) in [7, 11) is 1.77. The molecule has 1 rings (SSSR count). The molecule has 0 bridgehead atoms. The predicted octanol–water partition coefficient (Wildman–Crippen LogP) is 2.31. The number of methoxy groups -OCH3 is 1. The van der Waals surface area contributed by atoms with Crippen molar-refractivity contribution in [1.82, 2.24) is 0 Å². The van der Waals surface area contributed by atoms with Gasteiger partial charge in [0.15, 0.2) is 0 Å². The van der Waals surface area contributed by atoms with Gasteiger partial charge in [-0.2, -0.15) is 0 Å². The molecule has 70 valence electrons. The third kappa shape index (κ3) is 2.31. The van der Waals surface area contributed by atoms with E-state index in [0.29, 0.717) is 6.42 Å². The van der Waals surface area contributed by atoms with Gasteiger partial charge in [-0.1, -0.05) is 19.3 Å². The van der Waals surface area contributed by atoms with E-state index in [2.05, 4.69) is 0 Å². The van der Waals surface area contributed by atoms with Crippen molar-refractivity contribution >= 4 is 6.29 Å². The molecule has 0 radical (unpaired) electrons. The Labute approximate surface area is 74.3 Å². The first-order valence-electron chi connectivity index (χ1n) is 4.82. The van der Waals surface area contributed by atoms with E-state index in [1.807, 2.05) is 0 Å². The van der Waals surface area contributed by atoms with Gasteiger partial charge in [-0.25, -0.2) is 0 Å². The summed E-state index contributed by atoms with van der Waals surface area (Å²) in [5, 5.41) is 0. The van der Waals surface area contributed by atoms with E-state index < -0.39 is 0 Å². The molecule has 1 aliphatic carbocycles. The molecule has 12 heavy (non-hydrogen) atoms. The molecule has 0 heterocycles. The lowest BCUT2D eigenvalue weighted by atomic mass is 9.81. The van der Waals surface area contributed by atoms with Crippen molar-refractivity contribution in [2.45, 2.75) is 50.5 Å². The van der Waals surface area contributed by atoms with Crippen molar-refractivity contribution in [3.63, 3.8) is 0 Å². The number of ether oxygens (including phenoxy) is 1. The van der Waals surface area contributed by atoms with Gasteiger partial charge >= 0.3 is 0 Å². The van der Waals surface area contributed by atoms with Gasteiger partial charge in [0.25, 0.3) is 0 Å². The first-order valence-corrected chi connectivity index (χ1v) is 4.82. The number of carbonyl (C=O) groups is 1. The Morgan fingerprint density at radius 3 is 2.50 bits per heavy atom. The molecule has 0 N–H and O–H groups in total. The number of carbonyl (C=O) groups excluding carboxylic acids is 1. The van der Waals surface area contributed by atoms with Crippen LogP contribution < -0.4 is 0 Å². The van der Waals surface area contributed by atoms with Gasteiger partial charge in [0.2, 0.25) is 0 Å². The monoisotopic (exact) mass is 170 g/mol. The topological polar surface area (TPSA) is 26.3 Å². The van der Waals surface area contributed by atoms with E-state index in [9.17, 15) is 4.79 Å². The molecule has 2 heteroatoms. The van der Waals surface area contributed by atoms with Crippen LogP contribution in [0.15, 0.2) is 0 Å². The maximum atomic E-state index is 10.3.